The number of benzene rings is 1. The molecule has 1 fully saturated rings. The van der Waals surface area contributed by atoms with Crippen LogP contribution >= 0.6 is 0 Å². The Morgan fingerprint density at radius 3 is 2.86 bits per heavy atom. The Balaban J connectivity index is 1.60. The number of rotatable bonds is 3. The molecule has 29 heavy (non-hydrogen) atoms. The summed E-state index contributed by atoms with van der Waals surface area (Å²) in [6.45, 7) is 0. The minimum absolute atomic E-state index is 0.0439. The van der Waals surface area contributed by atoms with Crippen LogP contribution in [0.3, 0.4) is 0 Å². The zero-order valence-electron chi connectivity index (χ0n) is 14.9. The molecular formula is C20H13FN6O2. The van der Waals surface area contributed by atoms with Gasteiger partial charge in [-0.25, -0.2) is 18.7 Å². The van der Waals surface area contributed by atoms with Gasteiger partial charge in [0, 0.05) is 24.2 Å². The van der Waals surface area contributed by atoms with Gasteiger partial charge in [-0.15, -0.1) is 0 Å². The number of aromatic amines is 2. The van der Waals surface area contributed by atoms with Crippen molar-refractivity contribution in [1.29, 1.82) is 5.26 Å². The molecule has 1 aromatic carbocycles. The second-order valence-electron chi connectivity index (χ2n) is 7.00. The highest BCUT2D eigenvalue weighted by molar-refractivity contribution is 5.63. The monoisotopic (exact) mass is 388 g/mol. The lowest BCUT2D eigenvalue weighted by molar-refractivity contribution is 0.625. The summed E-state index contributed by atoms with van der Waals surface area (Å²) in [7, 11) is 0. The quantitative estimate of drug-likeness (QED) is 0.557. The van der Waals surface area contributed by atoms with Crippen molar-refractivity contribution in [2.45, 2.75) is 18.3 Å². The van der Waals surface area contributed by atoms with Crippen molar-refractivity contribution < 1.29 is 4.39 Å². The molecule has 1 aliphatic carbocycles. The van der Waals surface area contributed by atoms with Crippen molar-refractivity contribution in [3.05, 3.63) is 86.2 Å². The maximum Gasteiger partial charge on any atom is 0.325 e. The van der Waals surface area contributed by atoms with Gasteiger partial charge in [0.25, 0.3) is 5.56 Å². The third kappa shape index (κ3) is 2.91. The first-order valence-corrected chi connectivity index (χ1v) is 8.91. The number of nitrogens with one attached hydrogen (secondary N) is 2. The minimum atomic E-state index is -0.593. The van der Waals surface area contributed by atoms with E-state index in [4.69, 9.17) is 5.26 Å². The predicted octanol–water partition coefficient (Wildman–Crippen LogP) is 2.05. The largest absolute Gasteiger partial charge is 0.325 e. The van der Waals surface area contributed by atoms with E-state index in [1.165, 1.54) is 18.3 Å². The molecule has 0 amide bonds. The molecule has 3 aromatic heterocycles. The number of aromatic nitrogens is 5. The van der Waals surface area contributed by atoms with Gasteiger partial charge in [-0.05, 0) is 48.1 Å². The van der Waals surface area contributed by atoms with Gasteiger partial charge in [0.1, 0.15) is 5.82 Å². The zero-order valence-corrected chi connectivity index (χ0v) is 14.9. The Labute approximate surface area is 162 Å². The molecule has 3 heterocycles. The minimum Gasteiger partial charge on any atom is -0.313 e. The van der Waals surface area contributed by atoms with Crippen LogP contribution in [0.1, 0.15) is 34.9 Å². The number of fused-ring (bicyclic) bond motifs is 1. The lowest BCUT2D eigenvalue weighted by atomic mass is 10.0. The molecule has 4 aromatic rings. The summed E-state index contributed by atoms with van der Waals surface area (Å²) in [5, 5.41) is 13.5. The molecule has 5 rings (SSSR count). The van der Waals surface area contributed by atoms with Crippen LogP contribution in [-0.2, 0) is 0 Å². The van der Waals surface area contributed by atoms with E-state index in [0.717, 1.165) is 17.5 Å². The van der Waals surface area contributed by atoms with Gasteiger partial charge in [-0.2, -0.15) is 10.4 Å². The molecule has 2 N–H and O–H groups in total. The topological polar surface area (TPSA) is 120 Å². The number of hydrogen-bond donors (Lipinski definition) is 2. The molecule has 0 unspecified atom stereocenters. The Morgan fingerprint density at radius 1 is 1.21 bits per heavy atom. The Morgan fingerprint density at radius 2 is 2.07 bits per heavy atom. The molecule has 0 bridgehead atoms. The van der Waals surface area contributed by atoms with Crippen LogP contribution in [-0.4, -0.2) is 24.6 Å². The van der Waals surface area contributed by atoms with Gasteiger partial charge < -0.3 is 4.98 Å². The molecule has 1 aliphatic rings. The van der Waals surface area contributed by atoms with E-state index in [9.17, 15) is 14.0 Å². The van der Waals surface area contributed by atoms with Crippen molar-refractivity contribution in [3.63, 3.8) is 0 Å². The van der Waals surface area contributed by atoms with E-state index in [0.29, 0.717) is 11.3 Å². The third-order valence-electron chi connectivity index (χ3n) is 5.15. The number of imidazole rings is 1. The van der Waals surface area contributed by atoms with Crippen molar-refractivity contribution in [2.24, 2.45) is 0 Å². The first kappa shape index (κ1) is 17.1. The highest BCUT2D eigenvalue weighted by atomic mass is 19.1. The van der Waals surface area contributed by atoms with Crippen molar-refractivity contribution >= 4 is 5.65 Å². The van der Waals surface area contributed by atoms with Crippen molar-refractivity contribution in [2.75, 3.05) is 0 Å². The van der Waals surface area contributed by atoms with E-state index >= 15 is 0 Å². The fourth-order valence-electron chi connectivity index (χ4n) is 3.74. The van der Waals surface area contributed by atoms with Crippen LogP contribution in [0.5, 0.6) is 0 Å². The van der Waals surface area contributed by atoms with Gasteiger partial charge >= 0.3 is 5.69 Å². The molecule has 0 spiro atoms. The maximum atomic E-state index is 13.9. The molecular weight excluding hydrogens is 375 g/mol. The fraction of sp³-hybridized carbons (Fsp3) is 0.150. The first-order chi connectivity index (χ1) is 14.0. The van der Waals surface area contributed by atoms with Gasteiger partial charge in [0.15, 0.2) is 5.65 Å². The average Bonchev–Trinajstić information content (AvgIpc) is 3.35. The van der Waals surface area contributed by atoms with Crippen LogP contribution in [0.15, 0.2) is 52.4 Å². The lowest BCUT2D eigenvalue weighted by Crippen LogP contribution is -2.23. The Hall–Kier alpha value is -4.06. The van der Waals surface area contributed by atoms with Crippen LogP contribution in [0.25, 0.3) is 16.9 Å². The number of nitrogens with zero attached hydrogens (tertiary/aromatic N) is 4. The smallest absolute Gasteiger partial charge is 0.313 e. The SMILES string of the molecule is N#Cc1cc(F)cc([C@@H]2C[C@H]2c2cc(-c3c[nH]c(=O)[nH]c3=O)nn3ccnc23)c1. The molecule has 142 valence electrons. The summed E-state index contributed by atoms with van der Waals surface area (Å²) in [5.74, 6) is -0.343. The third-order valence-corrected chi connectivity index (χ3v) is 5.15. The normalized spacial score (nSPS) is 17.9. The van der Waals surface area contributed by atoms with E-state index in [1.807, 2.05) is 6.07 Å². The number of hydrogen-bond acceptors (Lipinski definition) is 5. The molecule has 0 radical (unpaired) electrons. The van der Waals surface area contributed by atoms with Gasteiger partial charge in [-0.1, -0.05) is 0 Å². The van der Waals surface area contributed by atoms with Crippen LogP contribution in [0, 0.1) is 17.1 Å². The number of nitriles is 1. The van der Waals surface area contributed by atoms with Gasteiger partial charge in [-0.3, -0.25) is 9.78 Å². The molecule has 9 heteroatoms. The van der Waals surface area contributed by atoms with Crippen LogP contribution in [0.2, 0.25) is 0 Å². The van der Waals surface area contributed by atoms with Crippen LogP contribution in [0.4, 0.5) is 4.39 Å². The van der Waals surface area contributed by atoms with Crippen LogP contribution < -0.4 is 11.2 Å². The van der Waals surface area contributed by atoms with E-state index in [-0.39, 0.29) is 23.0 Å². The summed E-state index contributed by atoms with van der Waals surface area (Å²) in [6, 6.07) is 8.11. The summed E-state index contributed by atoms with van der Waals surface area (Å²) in [6.07, 6.45) is 5.38. The number of halogens is 1. The van der Waals surface area contributed by atoms with Gasteiger partial charge in [0.2, 0.25) is 0 Å². The predicted molar refractivity (Wildman–Crippen MR) is 101 cm³/mol. The van der Waals surface area contributed by atoms with Crippen molar-refractivity contribution in [3.8, 4) is 17.3 Å². The second-order valence-corrected chi connectivity index (χ2v) is 7.00. The van der Waals surface area contributed by atoms with Crippen molar-refractivity contribution in [1.82, 2.24) is 24.6 Å². The lowest BCUT2D eigenvalue weighted by Gasteiger charge is -2.07. The second kappa shape index (κ2) is 6.24. The standard InChI is InChI=1S/C20H13FN6O2/c21-12-4-10(8-22)3-11(5-12)13-6-14(13)15-7-17(26-27-2-1-23-18(15)27)16-9-24-20(29)25-19(16)28/h1-5,7,9,13-14H,6H2,(H2,24,25,28,29)/t13-,14+/m0/s1. The van der Waals surface area contributed by atoms with Gasteiger partial charge in [0.05, 0.1) is 22.9 Å². The molecule has 0 aliphatic heterocycles. The van der Waals surface area contributed by atoms with E-state index in [2.05, 4.69) is 20.1 Å². The van der Waals surface area contributed by atoms with E-state index < -0.39 is 17.1 Å². The Kier molecular flexibility index (Phi) is 3.67. The highest BCUT2D eigenvalue weighted by Crippen LogP contribution is 2.55. The highest BCUT2D eigenvalue weighted by Gasteiger charge is 2.41. The average molecular weight is 388 g/mol. The molecule has 1 saturated carbocycles. The molecule has 0 saturated heterocycles. The Bertz CT molecular complexity index is 1430. The van der Waals surface area contributed by atoms with E-state index in [1.54, 1.807) is 29.0 Å². The number of H-pyrrole nitrogens is 2. The molecule has 8 nitrogen and oxygen atoms in total. The fourth-order valence-corrected chi connectivity index (χ4v) is 3.74. The summed E-state index contributed by atoms with van der Waals surface area (Å²) >= 11 is 0. The zero-order chi connectivity index (χ0) is 20.1. The summed E-state index contributed by atoms with van der Waals surface area (Å²) in [4.78, 5) is 32.5. The summed E-state index contributed by atoms with van der Waals surface area (Å²) < 4.78 is 15.4. The summed E-state index contributed by atoms with van der Waals surface area (Å²) in [5.41, 5.74) is 2.06. The molecule has 2 atom stereocenters. The first-order valence-electron chi connectivity index (χ1n) is 8.91. The maximum absolute atomic E-state index is 13.9.